The third-order valence-electron chi connectivity index (χ3n) is 5.42. The van der Waals surface area contributed by atoms with E-state index < -0.39 is 0 Å². The molecule has 1 aliphatic carbocycles. The van der Waals surface area contributed by atoms with E-state index in [0.29, 0.717) is 5.92 Å². The highest BCUT2D eigenvalue weighted by Gasteiger charge is 2.38. The molecule has 2 atom stereocenters. The third-order valence-corrected chi connectivity index (χ3v) is 5.42. The summed E-state index contributed by atoms with van der Waals surface area (Å²) in [6.07, 6.45) is 7.66. The smallest absolute Gasteiger partial charge is 0.0631 e. The molecule has 18 heavy (non-hydrogen) atoms. The van der Waals surface area contributed by atoms with E-state index in [1.165, 1.54) is 51.6 Å². The van der Waals surface area contributed by atoms with Crippen molar-refractivity contribution in [1.29, 1.82) is 0 Å². The van der Waals surface area contributed by atoms with Gasteiger partial charge in [-0.3, -0.25) is 0 Å². The van der Waals surface area contributed by atoms with Crippen LogP contribution in [0.5, 0.6) is 0 Å². The van der Waals surface area contributed by atoms with Gasteiger partial charge in [-0.1, -0.05) is 33.6 Å². The van der Waals surface area contributed by atoms with Gasteiger partial charge in [0, 0.05) is 6.54 Å². The van der Waals surface area contributed by atoms with Crippen molar-refractivity contribution in [2.45, 2.75) is 65.4 Å². The molecule has 0 aromatic carbocycles. The first-order valence-corrected chi connectivity index (χ1v) is 7.93. The Kier molecular flexibility index (Phi) is 4.71. The van der Waals surface area contributed by atoms with Crippen LogP contribution in [0.2, 0.25) is 0 Å². The van der Waals surface area contributed by atoms with Gasteiger partial charge in [0.05, 0.1) is 6.10 Å². The minimum atomic E-state index is -0.102. The van der Waals surface area contributed by atoms with Crippen LogP contribution in [0.15, 0.2) is 0 Å². The molecular weight excluding hydrogens is 222 g/mol. The fourth-order valence-corrected chi connectivity index (χ4v) is 3.86. The molecule has 1 heterocycles. The topological polar surface area (TPSA) is 23.5 Å². The van der Waals surface area contributed by atoms with Gasteiger partial charge in [-0.15, -0.1) is 0 Å². The van der Waals surface area contributed by atoms with Crippen molar-refractivity contribution in [3.8, 4) is 0 Å². The van der Waals surface area contributed by atoms with Crippen molar-refractivity contribution in [3.63, 3.8) is 0 Å². The van der Waals surface area contributed by atoms with Gasteiger partial charge in [-0.25, -0.2) is 0 Å². The van der Waals surface area contributed by atoms with Crippen LogP contribution in [0.25, 0.3) is 0 Å². The Hall–Kier alpha value is -0.0800. The number of rotatable bonds is 3. The molecular formula is C16H31NO. The second-order valence-corrected chi connectivity index (χ2v) is 7.24. The molecule has 106 valence electrons. The lowest BCUT2D eigenvalue weighted by atomic mass is 9.69. The number of hydrogen-bond acceptors (Lipinski definition) is 2. The first-order chi connectivity index (χ1) is 8.53. The predicted molar refractivity (Wildman–Crippen MR) is 76.6 cm³/mol. The zero-order valence-corrected chi connectivity index (χ0v) is 12.5. The summed E-state index contributed by atoms with van der Waals surface area (Å²) in [4.78, 5) is 2.60. The van der Waals surface area contributed by atoms with Gasteiger partial charge in [0.15, 0.2) is 0 Å². The average Bonchev–Trinajstić information content (AvgIpc) is 2.36. The summed E-state index contributed by atoms with van der Waals surface area (Å²) in [5.41, 5.74) is 0.130. The van der Waals surface area contributed by atoms with Gasteiger partial charge in [0.25, 0.3) is 0 Å². The highest BCUT2D eigenvalue weighted by atomic mass is 16.3. The number of hydrogen-bond donors (Lipinski definition) is 1. The van der Waals surface area contributed by atoms with Gasteiger partial charge in [-0.2, -0.15) is 0 Å². The zero-order chi connectivity index (χ0) is 13.2. The SMILES string of the molecule is CCC1CCN(CC2CCCC(C)(C)C2O)CC1. The normalized spacial score (nSPS) is 34.7. The number of aliphatic hydroxyl groups is 1. The molecule has 2 nitrogen and oxygen atoms in total. The Morgan fingerprint density at radius 3 is 2.44 bits per heavy atom. The van der Waals surface area contributed by atoms with E-state index in [4.69, 9.17) is 0 Å². The van der Waals surface area contributed by atoms with Crippen molar-refractivity contribution in [2.24, 2.45) is 17.3 Å². The highest BCUT2D eigenvalue weighted by Crippen LogP contribution is 2.39. The highest BCUT2D eigenvalue weighted by molar-refractivity contribution is 4.90. The molecule has 0 spiro atoms. The minimum Gasteiger partial charge on any atom is -0.392 e. The van der Waals surface area contributed by atoms with Crippen molar-refractivity contribution < 1.29 is 5.11 Å². The third kappa shape index (κ3) is 3.27. The van der Waals surface area contributed by atoms with E-state index >= 15 is 0 Å². The molecule has 0 amide bonds. The summed E-state index contributed by atoms with van der Waals surface area (Å²) in [7, 11) is 0. The van der Waals surface area contributed by atoms with Crippen LogP contribution in [0.4, 0.5) is 0 Å². The summed E-state index contributed by atoms with van der Waals surface area (Å²) in [5.74, 6) is 1.46. The van der Waals surface area contributed by atoms with Crippen LogP contribution in [-0.2, 0) is 0 Å². The lowest BCUT2D eigenvalue weighted by Gasteiger charge is -2.43. The van der Waals surface area contributed by atoms with Crippen molar-refractivity contribution in [3.05, 3.63) is 0 Å². The van der Waals surface area contributed by atoms with E-state index in [2.05, 4.69) is 25.7 Å². The Balaban J connectivity index is 1.82. The van der Waals surface area contributed by atoms with Gasteiger partial charge >= 0.3 is 0 Å². The largest absolute Gasteiger partial charge is 0.392 e. The second kappa shape index (κ2) is 5.92. The molecule has 2 aliphatic rings. The minimum absolute atomic E-state index is 0.102. The van der Waals surface area contributed by atoms with Crippen molar-refractivity contribution in [1.82, 2.24) is 4.90 Å². The first-order valence-electron chi connectivity index (χ1n) is 7.93. The summed E-state index contributed by atoms with van der Waals surface area (Å²) in [5, 5.41) is 10.5. The van der Waals surface area contributed by atoms with Crippen LogP contribution in [0.3, 0.4) is 0 Å². The number of piperidine rings is 1. The predicted octanol–water partition coefficient (Wildman–Crippen LogP) is 3.30. The number of likely N-dealkylation sites (tertiary alicyclic amines) is 1. The fourth-order valence-electron chi connectivity index (χ4n) is 3.86. The van der Waals surface area contributed by atoms with Gasteiger partial charge in [-0.05, 0) is 56.0 Å². The zero-order valence-electron chi connectivity index (χ0n) is 12.5. The van der Waals surface area contributed by atoms with Crippen LogP contribution < -0.4 is 0 Å². The Labute approximate surface area is 113 Å². The first kappa shape index (κ1) is 14.3. The maximum Gasteiger partial charge on any atom is 0.0631 e. The van der Waals surface area contributed by atoms with Crippen molar-refractivity contribution >= 4 is 0 Å². The van der Waals surface area contributed by atoms with E-state index in [1.54, 1.807) is 0 Å². The molecule has 2 rings (SSSR count). The maximum atomic E-state index is 10.5. The van der Waals surface area contributed by atoms with E-state index in [0.717, 1.165) is 12.5 Å². The van der Waals surface area contributed by atoms with E-state index in [1.807, 2.05) is 0 Å². The summed E-state index contributed by atoms with van der Waals surface area (Å²) in [6.45, 7) is 10.4. The Morgan fingerprint density at radius 2 is 1.83 bits per heavy atom. The standard InChI is InChI=1S/C16H31NO/c1-4-13-7-10-17(11-8-13)12-14-6-5-9-16(2,3)15(14)18/h13-15,18H,4-12H2,1-3H3. The van der Waals surface area contributed by atoms with Crippen LogP contribution in [0.1, 0.15) is 59.3 Å². The van der Waals surface area contributed by atoms with Crippen LogP contribution in [-0.4, -0.2) is 35.7 Å². The van der Waals surface area contributed by atoms with Crippen molar-refractivity contribution in [2.75, 3.05) is 19.6 Å². The van der Waals surface area contributed by atoms with Crippen LogP contribution in [0, 0.1) is 17.3 Å². The fraction of sp³-hybridized carbons (Fsp3) is 1.00. The molecule has 2 heteroatoms. The molecule has 2 fully saturated rings. The lowest BCUT2D eigenvalue weighted by Crippen LogP contribution is -2.46. The molecule has 1 saturated heterocycles. The molecule has 2 unspecified atom stereocenters. The average molecular weight is 253 g/mol. The summed E-state index contributed by atoms with van der Waals surface area (Å²) >= 11 is 0. The van der Waals surface area contributed by atoms with Gasteiger partial charge in [0.1, 0.15) is 0 Å². The Bertz CT molecular complexity index is 256. The maximum absolute atomic E-state index is 10.5. The molecule has 1 N–H and O–H groups in total. The number of nitrogens with zero attached hydrogens (tertiary/aromatic N) is 1. The van der Waals surface area contributed by atoms with Crippen LogP contribution >= 0.6 is 0 Å². The quantitative estimate of drug-likeness (QED) is 0.834. The van der Waals surface area contributed by atoms with Gasteiger partial charge in [0.2, 0.25) is 0 Å². The second-order valence-electron chi connectivity index (χ2n) is 7.24. The molecule has 1 aliphatic heterocycles. The molecule has 0 bridgehead atoms. The molecule has 0 aromatic rings. The summed E-state index contributed by atoms with van der Waals surface area (Å²) < 4.78 is 0. The van der Waals surface area contributed by atoms with E-state index in [9.17, 15) is 5.11 Å². The monoisotopic (exact) mass is 253 g/mol. The summed E-state index contributed by atoms with van der Waals surface area (Å²) in [6, 6.07) is 0. The Morgan fingerprint density at radius 1 is 1.17 bits per heavy atom. The number of aliphatic hydroxyl groups excluding tert-OH is 1. The lowest BCUT2D eigenvalue weighted by molar-refractivity contribution is -0.0455. The molecule has 0 radical (unpaired) electrons. The molecule has 0 aromatic heterocycles. The molecule has 1 saturated carbocycles. The van der Waals surface area contributed by atoms with E-state index in [-0.39, 0.29) is 11.5 Å². The van der Waals surface area contributed by atoms with Gasteiger partial charge < -0.3 is 10.0 Å².